The Hall–Kier alpha value is -2.52. The zero-order chi connectivity index (χ0) is 22.3. The molecule has 1 heterocycles. The van der Waals surface area contributed by atoms with Crippen molar-refractivity contribution in [2.75, 3.05) is 11.4 Å². The van der Waals surface area contributed by atoms with Crippen LogP contribution in [-0.4, -0.2) is 32.0 Å². The quantitative estimate of drug-likeness (QED) is 0.604. The van der Waals surface area contributed by atoms with Crippen LogP contribution in [0.4, 0.5) is 10.1 Å². The van der Waals surface area contributed by atoms with Gasteiger partial charge in [0.1, 0.15) is 11.9 Å². The summed E-state index contributed by atoms with van der Waals surface area (Å²) in [5.74, 6) is -1.18. The van der Waals surface area contributed by atoms with Crippen molar-refractivity contribution in [3.8, 4) is 0 Å². The third kappa shape index (κ3) is 4.29. The van der Waals surface area contributed by atoms with Crippen LogP contribution < -0.4 is 9.62 Å². The number of halogens is 2. The summed E-state index contributed by atoms with van der Waals surface area (Å²) < 4.78 is 42.7. The normalized spacial score (nSPS) is 18.0. The minimum Gasteiger partial charge on any atom is -0.389 e. The smallest absolute Gasteiger partial charge is 0.245 e. The Balaban J connectivity index is 1.55. The number of amides is 1. The van der Waals surface area contributed by atoms with Crippen molar-refractivity contribution in [1.82, 2.24) is 4.72 Å². The lowest BCUT2D eigenvalue weighted by Gasteiger charge is -2.19. The molecule has 1 amide bonds. The molecular formula is C22H20ClFN2O4S. The van der Waals surface area contributed by atoms with Crippen molar-refractivity contribution in [3.63, 3.8) is 0 Å². The van der Waals surface area contributed by atoms with Gasteiger partial charge in [0.25, 0.3) is 0 Å². The van der Waals surface area contributed by atoms with Crippen molar-refractivity contribution >= 4 is 44.0 Å². The van der Waals surface area contributed by atoms with E-state index in [1.54, 1.807) is 24.3 Å². The molecule has 0 bridgehead atoms. The highest BCUT2D eigenvalue weighted by Gasteiger charge is 2.36. The summed E-state index contributed by atoms with van der Waals surface area (Å²) in [6.45, 7) is 1.69. The maximum atomic E-state index is 14.5. The molecule has 162 valence electrons. The fourth-order valence-corrected chi connectivity index (χ4v) is 5.09. The van der Waals surface area contributed by atoms with E-state index in [4.69, 9.17) is 11.6 Å². The van der Waals surface area contributed by atoms with Crippen LogP contribution in [0.15, 0.2) is 59.5 Å². The Morgan fingerprint density at radius 2 is 1.84 bits per heavy atom. The second-order valence-corrected chi connectivity index (χ2v) is 9.64. The van der Waals surface area contributed by atoms with Crippen molar-refractivity contribution in [1.29, 1.82) is 0 Å². The molecule has 0 radical (unpaired) electrons. The Bertz CT molecular complexity index is 1280. The van der Waals surface area contributed by atoms with Crippen LogP contribution in [0.1, 0.15) is 25.0 Å². The molecule has 0 saturated carbocycles. The molecular weight excluding hydrogens is 443 g/mol. The Morgan fingerprint density at radius 3 is 2.55 bits per heavy atom. The van der Waals surface area contributed by atoms with Crippen molar-refractivity contribution in [3.05, 3.63) is 71.0 Å². The van der Waals surface area contributed by atoms with Gasteiger partial charge in [-0.2, -0.15) is 4.72 Å². The summed E-state index contributed by atoms with van der Waals surface area (Å²) in [6.07, 6.45) is -0.630. The number of benzene rings is 3. The van der Waals surface area contributed by atoms with E-state index >= 15 is 0 Å². The molecule has 2 unspecified atom stereocenters. The molecule has 0 aromatic heterocycles. The van der Waals surface area contributed by atoms with Gasteiger partial charge in [0.05, 0.1) is 16.7 Å². The van der Waals surface area contributed by atoms with E-state index in [2.05, 4.69) is 4.72 Å². The molecule has 3 aromatic rings. The maximum absolute atomic E-state index is 14.5. The molecule has 1 saturated heterocycles. The van der Waals surface area contributed by atoms with E-state index in [1.807, 2.05) is 0 Å². The minimum absolute atomic E-state index is 0.0287. The van der Waals surface area contributed by atoms with Crippen LogP contribution >= 0.6 is 11.6 Å². The number of nitrogens with one attached hydrogen (secondary N) is 1. The first-order chi connectivity index (χ1) is 14.7. The number of sulfonamides is 1. The largest absolute Gasteiger partial charge is 0.389 e. The number of hydrogen-bond donors (Lipinski definition) is 2. The fraction of sp³-hybridized carbons (Fsp3) is 0.227. The molecule has 4 rings (SSSR count). The highest BCUT2D eigenvalue weighted by molar-refractivity contribution is 7.89. The minimum atomic E-state index is -3.97. The van der Waals surface area contributed by atoms with Crippen molar-refractivity contribution in [2.24, 2.45) is 0 Å². The molecule has 2 N–H and O–H groups in total. The molecule has 2 atom stereocenters. The highest BCUT2D eigenvalue weighted by Crippen LogP contribution is 2.28. The van der Waals surface area contributed by atoms with Crippen molar-refractivity contribution in [2.45, 2.75) is 30.4 Å². The zero-order valence-electron chi connectivity index (χ0n) is 16.5. The van der Waals surface area contributed by atoms with Gasteiger partial charge in [-0.3, -0.25) is 4.79 Å². The summed E-state index contributed by atoms with van der Waals surface area (Å²) in [4.78, 5) is 14.1. The second kappa shape index (κ2) is 8.20. The first-order valence-electron chi connectivity index (χ1n) is 9.66. The molecule has 1 aliphatic rings. The summed E-state index contributed by atoms with van der Waals surface area (Å²) in [5, 5.41) is 11.6. The maximum Gasteiger partial charge on any atom is 0.245 e. The van der Waals surface area contributed by atoms with E-state index in [9.17, 15) is 22.7 Å². The van der Waals surface area contributed by atoms with Gasteiger partial charge in [0.2, 0.25) is 15.9 Å². The van der Waals surface area contributed by atoms with Gasteiger partial charge in [0, 0.05) is 11.6 Å². The zero-order valence-corrected chi connectivity index (χ0v) is 18.1. The standard InChI is InChI=1S/C22H20ClFN2O4S/c1-13(27)14-4-7-21(19(24)12-14)26-9-8-20(22(26)28)25-31(29,30)18-6-3-15-10-17(23)5-2-16(15)11-18/h2-7,10-13,20,25,27H,8-9H2,1H3. The number of carbonyl (C=O) groups is 1. The predicted octanol–water partition coefficient (Wildman–Crippen LogP) is 3.77. The highest BCUT2D eigenvalue weighted by atomic mass is 35.5. The Morgan fingerprint density at radius 1 is 1.13 bits per heavy atom. The number of rotatable bonds is 5. The molecule has 1 fully saturated rings. The van der Waals surface area contributed by atoms with Gasteiger partial charge in [-0.15, -0.1) is 0 Å². The molecule has 0 spiro atoms. The Labute approximate surface area is 184 Å². The van der Waals surface area contributed by atoms with Gasteiger partial charge >= 0.3 is 0 Å². The molecule has 1 aliphatic heterocycles. The number of aliphatic hydroxyl groups is 1. The van der Waals surface area contributed by atoms with Gasteiger partial charge in [0.15, 0.2) is 0 Å². The van der Waals surface area contributed by atoms with Crippen molar-refractivity contribution < 1.29 is 22.7 Å². The third-order valence-electron chi connectivity index (χ3n) is 5.33. The lowest BCUT2D eigenvalue weighted by molar-refractivity contribution is -0.118. The lowest BCUT2D eigenvalue weighted by atomic mass is 10.1. The van der Waals surface area contributed by atoms with Gasteiger partial charge in [-0.05, 0) is 66.1 Å². The van der Waals surface area contributed by atoms with Gasteiger partial charge in [-0.1, -0.05) is 29.8 Å². The van der Waals surface area contributed by atoms with Gasteiger partial charge < -0.3 is 10.0 Å². The van der Waals surface area contributed by atoms with Crippen LogP contribution in [0.25, 0.3) is 10.8 Å². The van der Waals surface area contributed by atoms with E-state index in [1.165, 1.54) is 42.2 Å². The predicted molar refractivity (Wildman–Crippen MR) is 117 cm³/mol. The monoisotopic (exact) mass is 462 g/mol. The van der Waals surface area contributed by atoms with E-state index in [0.29, 0.717) is 16.0 Å². The summed E-state index contributed by atoms with van der Waals surface area (Å²) in [5.41, 5.74) is 0.446. The molecule has 6 nitrogen and oxygen atoms in total. The van der Waals surface area contributed by atoms with E-state index in [-0.39, 0.29) is 23.5 Å². The van der Waals surface area contributed by atoms with E-state index in [0.717, 1.165) is 5.39 Å². The first-order valence-corrected chi connectivity index (χ1v) is 11.5. The fourth-order valence-electron chi connectivity index (χ4n) is 3.65. The summed E-state index contributed by atoms with van der Waals surface area (Å²) >= 11 is 5.97. The molecule has 3 aromatic carbocycles. The Kier molecular flexibility index (Phi) is 5.74. The average molecular weight is 463 g/mol. The van der Waals surface area contributed by atoms with E-state index < -0.39 is 33.9 Å². The van der Waals surface area contributed by atoms with Gasteiger partial charge in [-0.25, -0.2) is 12.8 Å². The number of carbonyl (C=O) groups excluding carboxylic acids is 1. The number of fused-ring (bicyclic) bond motifs is 1. The topological polar surface area (TPSA) is 86.7 Å². The van der Waals surface area contributed by atoms with Crippen LogP contribution in [-0.2, 0) is 14.8 Å². The molecule has 31 heavy (non-hydrogen) atoms. The SMILES string of the molecule is CC(O)c1ccc(N2CCC(NS(=O)(=O)c3ccc4cc(Cl)ccc4c3)C2=O)c(F)c1. The van der Waals surface area contributed by atoms with Crippen LogP contribution in [0, 0.1) is 5.82 Å². The molecule has 9 heteroatoms. The third-order valence-corrected chi connectivity index (χ3v) is 7.04. The number of hydrogen-bond acceptors (Lipinski definition) is 4. The van der Waals surface area contributed by atoms with Crippen LogP contribution in [0.2, 0.25) is 5.02 Å². The lowest BCUT2D eigenvalue weighted by Crippen LogP contribution is -2.41. The number of nitrogens with zero attached hydrogens (tertiary/aromatic N) is 1. The van der Waals surface area contributed by atoms with Crippen LogP contribution in [0.5, 0.6) is 0 Å². The van der Waals surface area contributed by atoms with Crippen LogP contribution in [0.3, 0.4) is 0 Å². The first kappa shape index (κ1) is 21.7. The second-order valence-electron chi connectivity index (χ2n) is 7.49. The summed E-state index contributed by atoms with van der Waals surface area (Å²) in [6, 6.07) is 12.9. The number of anilines is 1. The average Bonchev–Trinajstić information content (AvgIpc) is 3.06. The number of aliphatic hydroxyl groups excluding tert-OH is 1. The molecule has 0 aliphatic carbocycles. The summed E-state index contributed by atoms with van der Waals surface area (Å²) in [7, 11) is -3.97.